The largest absolute Gasteiger partial charge is 0.0876 e. The number of halogens is 1. The Bertz CT molecular complexity index is 1070. The third kappa shape index (κ3) is 5.05. The van der Waals surface area contributed by atoms with Gasteiger partial charge in [0.2, 0.25) is 0 Å². The molecule has 0 aromatic heterocycles. The lowest BCUT2D eigenvalue weighted by Gasteiger charge is -2.14. The molecule has 0 atom stereocenters. The quantitative estimate of drug-likeness (QED) is 0.263. The Morgan fingerprint density at radius 1 is 0.379 bits per heavy atom. The van der Waals surface area contributed by atoms with E-state index in [4.69, 9.17) is 0 Å². The van der Waals surface area contributed by atoms with Gasteiger partial charge in [0.25, 0.3) is 0 Å². The number of rotatable bonds is 7. The molecule has 0 fully saturated rings. The normalized spacial score (nSPS) is 10.8. The van der Waals surface area contributed by atoms with Gasteiger partial charge in [0.15, 0.2) is 0 Å². The van der Waals surface area contributed by atoms with Gasteiger partial charge >= 0.3 is 0 Å². The zero-order valence-electron chi connectivity index (χ0n) is 16.5. The van der Waals surface area contributed by atoms with Crippen LogP contribution in [0.2, 0.25) is 0 Å². The van der Waals surface area contributed by atoms with Crippen molar-refractivity contribution in [1.29, 1.82) is 0 Å². The smallest absolute Gasteiger partial charge is 0.0285 e. The fourth-order valence-corrected chi connectivity index (χ4v) is 4.44. The lowest BCUT2D eigenvalue weighted by molar-refractivity contribution is 1.05. The van der Waals surface area contributed by atoms with E-state index in [0.29, 0.717) is 0 Å². The van der Waals surface area contributed by atoms with Crippen LogP contribution < -0.4 is 0 Å². The van der Waals surface area contributed by atoms with E-state index in [0.717, 1.165) is 24.6 Å². The molecule has 144 valence electrons. The number of alkyl halides is 1. The standard InChI is InChI=1S/C28H25Br/c29-21-28-17-9-8-16-27(28)20-26-15-7-6-14-25(26)19-24-13-5-4-12-23(24)18-22-10-2-1-3-11-22/h1-17H,18-21H2. The minimum Gasteiger partial charge on any atom is -0.0876 e. The zero-order valence-corrected chi connectivity index (χ0v) is 18.1. The zero-order chi connectivity index (χ0) is 19.9. The van der Waals surface area contributed by atoms with Crippen LogP contribution in [0.25, 0.3) is 0 Å². The van der Waals surface area contributed by atoms with Crippen LogP contribution in [0, 0.1) is 0 Å². The SMILES string of the molecule is BrCc1ccccc1Cc1ccccc1Cc1ccccc1Cc1ccccc1. The topological polar surface area (TPSA) is 0 Å². The fourth-order valence-electron chi connectivity index (χ4n) is 3.89. The van der Waals surface area contributed by atoms with Gasteiger partial charge in [-0.15, -0.1) is 0 Å². The number of benzene rings is 4. The van der Waals surface area contributed by atoms with E-state index in [1.165, 1.54) is 38.9 Å². The molecule has 0 unspecified atom stereocenters. The molecule has 0 saturated heterocycles. The van der Waals surface area contributed by atoms with Crippen molar-refractivity contribution in [1.82, 2.24) is 0 Å². The maximum atomic E-state index is 3.64. The molecular weight excluding hydrogens is 416 g/mol. The number of hydrogen-bond donors (Lipinski definition) is 0. The summed E-state index contributed by atoms with van der Waals surface area (Å²) < 4.78 is 0. The van der Waals surface area contributed by atoms with Crippen molar-refractivity contribution >= 4 is 15.9 Å². The summed E-state index contributed by atoms with van der Waals surface area (Å²) in [6, 6.07) is 37.2. The molecular formula is C28H25Br. The maximum absolute atomic E-state index is 3.64. The summed E-state index contributed by atoms with van der Waals surface area (Å²) in [5.41, 5.74) is 9.78. The Morgan fingerprint density at radius 2 is 0.724 bits per heavy atom. The van der Waals surface area contributed by atoms with Gasteiger partial charge in [-0.2, -0.15) is 0 Å². The van der Waals surface area contributed by atoms with Crippen molar-refractivity contribution < 1.29 is 0 Å². The monoisotopic (exact) mass is 440 g/mol. The van der Waals surface area contributed by atoms with E-state index < -0.39 is 0 Å². The first kappa shape index (κ1) is 19.7. The van der Waals surface area contributed by atoms with Crippen LogP contribution in [-0.4, -0.2) is 0 Å². The highest BCUT2D eigenvalue weighted by Crippen LogP contribution is 2.23. The third-order valence-corrected chi connectivity index (χ3v) is 6.10. The molecule has 4 aromatic carbocycles. The lowest BCUT2D eigenvalue weighted by Crippen LogP contribution is -2.02. The molecule has 0 spiro atoms. The lowest BCUT2D eigenvalue weighted by atomic mass is 9.91. The third-order valence-electron chi connectivity index (χ3n) is 5.50. The molecule has 29 heavy (non-hydrogen) atoms. The minimum atomic E-state index is 0.894. The Kier molecular flexibility index (Phi) is 6.59. The average molecular weight is 441 g/mol. The Balaban J connectivity index is 1.61. The molecule has 0 aliphatic rings. The van der Waals surface area contributed by atoms with Crippen molar-refractivity contribution in [3.63, 3.8) is 0 Å². The van der Waals surface area contributed by atoms with Crippen molar-refractivity contribution in [2.45, 2.75) is 24.6 Å². The van der Waals surface area contributed by atoms with Gasteiger partial charge in [0.1, 0.15) is 0 Å². The van der Waals surface area contributed by atoms with Gasteiger partial charge in [0.05, 0.1) is 0 Å². The molecule has 0 aliphatic heterocycles. The van der Waals surface area contributed by atoms with Crippen molar-refractivity contribution in [3.05, 3.63) is 142 Å². The molecule has 4 aromatic rings. The Hall–Kier alpha value is -2.64. The van der Waals surface area contributed by atoms with E-state index in [9.17, 15) is 0 Å². The second-order valence-corrected chi connectivity index (χ2v) is 8.02. The molecule has 0 bridgehead atoms. The van der Waals surface area contributed by atoms with E-state index in [2.05, 4.69) is 119 Å². The number of hydrogen-bond acceptors (Lipinski definition) is 0. The second kappa shape index (κ2) is 9.71. The predicted molar refractivity (Wildman–Crippen MR) is 127 cm³/mol. The van der Waals surface area contributed by atoms with Crippen LogP contribution in [0.1, 0.15) is 38.9 Å². The summed E-state index contributed by atoms with van der Waals surface area (Å²) in [6.45, 7) is 0. The molecule has 1 heteroatoms. The Morgan fingerprint density at radius 3 is 1.17 bits per heavy atom. The highest BCUT2D eigenvalue weighted by Gasteiger charge is 2.09. The van der Waals surface area contributed by atoms with E-state index >= 15 is 0 Å². The van der Waals surface area contributed by atoms with Gasteiger partial charge in [-0.3, -0.25) is 0 Å². The highest BCUT2D eigenvalue weighted by atomic mass is 79.9. The first-order valence-corrected chi connectivity index (χ1v) is 11.3. The van der Waals surface area contributed by atoms with E-state index in [-0.39, 0.29) is 0 Å². The highest BCUT2D eigenvalue weighted by molar-refractivity contribution is 9.08. The van der Waals surface area contributed by atoms with Crippen LogP contribution in [0.3, 0.4) is 0 Å². The van der Waals surface area contributed by atoms with E-state index in [1.807, 2.05) is 0 Å². The summed E-state index contributed by atoms with van der Waals surface area (Å²) >= 11 is 3.64. The summed E-state index contributed by atoms with van der Waals surface area (Å²) in [5.74, 6) is 0. The van der Waals surface area contributed by atoms with Crippen LogP contribution in [0.5, 0.6) is 0 Å². The van der Waals surface area contributed by atoms with Crippen molar-refractivity contribution in [2.75, 3.05) is 0 Å². The Labute approximate surface area is 182 Å². The molecule has 0 radical (unpaired) electrons. The average Bonchev–Trinajstić information content (AvgIpc) is 2.77. The first-order chi connectivity index (χ1) is 14.3. The first-order valence-electron chi connectivity index (χ1n) is 10.1. The summed E-state index contributed by atoms with van der Waals surface area (Å²) in [5, 5.41) is 0.894. The molecule has 0 aliphatic carbocycles. The molecule has 0 amide bonds. The molecule has 0 saturated carbocycles. The van der Waals surface area contributed by atoms with E-state index in [1.54, 1.807) is 0 Å². The minimum absolute atomic E-state index is 0.894. The van der Waals surface area contributed by atoms with Gasteiger partial charge in [-0.05, 0) is 58.2 Å². The molecule has 0 heterocycles. The molecule has 0 N–H and O–H groups in total. The molecule has 4 rings (SSSR count). The van der Waals surface area contributed by atoms with Gasteiger partial charge in [0, 0.05) is 5.33 Å². The van der Waals surface area contributed by atoms with Crippen LogP contribution in [0.4, 0.5) is 0 Å². The summed E-state index contributed by atoms with van der Waals surface area (Å²) in [4.78, 5) is 0. The van der Waals surface area contributed by atoms with Gasteiger partial charge in [-0.25, -0.2) is 0 Å². The van der Waals surface area contributed by atoms with Gasteiger partial charge < -0.3 is 0 Å². The summed E-state index contributed by atoms with van der Waals surface area (Å²) in [6.07, 6.45) is 2.92. The van der Waals surface area contributed by atoms with Gasteiger partial charge in [-0.1, -0.05) is 119 Å². The summed E-state index contributed by atoms with van der Waals surface area (Å²) in [7, 11) is 0. The van der Waals surface area contributed by atoms with Crippen molar-refractivity contribution in [3.8, 4) is 0 Å². The van der Waals surface area contributed by atoms with Crippen molar-refractivity contribution in [2.24, 2.45) is 0 Å². The molecule has 0 nitrogen and oxygen atoms in total. The maximum Gasteiger partial charge on any atom is 0.0285 e. The van der Waals surface area contributed by atoms with Crippen LogP contribution in [-0.2, 0) is 24.6 Å². The second-order valence-electron chi connectivity index (χ2n) is 7.46. The van der Waals surface area contributed by atoms with Crippen LogP contribution in [0.15, 0.2) is 103 Å². The fraction of sp³-hybridized carbons (Fsp3) is 0.143. The van der Waals surface area contributed by atoms with Crippen LogP contribution >= 0.6 is 15.9 Å². The predicted octanol–water partition coefficient (Wildman–Crippen LogP) is 7.35.